The molecule has 0 saturated carbocycles. The first-order valence-corrected chi connectivity index (χ1v) is 7.63. The van der Waals surface area contributed by atoms with Gasteiger partial charge < -0.3 is 14.4 Å². The number of benzene rings is 1. The van der Waals surface area contributed by atoms with E-state index in [2.05, 4.69) is 12.6 Å². The molecule has 20 heavy (non-hydrogen) atoms. The first-order chi connectivity index (χ1) is 9.69. The first kappa shape index (κ1) is 15.0. The van der Waals surface area contributed by atoms with Gasteiger partial charge in [0.2, 0.25) is 5.91 Å². The lowest BCUT2D eigenvalue weighted by molar-refractivity contribution is -0.117. The smallest absolute Gasteiger partial charge is 0.227 e. The van der Waals surface area contributed by atoms with Gasteiger partial charge in [0.1, 0.15) is 0 Å². The molecule has 1 saturated heterocycles. The highest BCUT2D eigenvalue weighted by Gasteiger charge is 2.30. The van der Waals surface area contributed by atoms with Gasteiger partial charge in [0.05, 0.1) is 13.2 Å². The van der Waals surface area contributed by atoms with Gasteiger partial charge in [0.15, 0.2) is 11.5 Å². The zero-order chi connectivity index (χ0) is 14.5. The quantitative estimate of drug-likeness (QED) is 0.820. The van der Waals surface area contributed by atoms with Gasteiger partial charge in [-0.05, 0) is 37.7 Å². The number of rotatable bonds is 6. The number of hydrogen-bond donors (Lipinski definition) is 1. The largest absolute Gasteiger partial charge is 0.490 e. The highest BCUT2D eigenvalue weighted by atomic mass is 32.1. The summed E-state index contributed by atoms with van der Waals surface area (Å²) in [6.07, 6.45) is 0.570. The van der Waals surface area contributed by atoms with Gasteiger partial charge in [-0.15, -0.1) is 0 Å². The van der Waals surface area contributed by atoms with Gasteiger partial charge >= 0.3 is 0 Å². The zero-order valence-corrected chi connectivity index (χ0v) is 12.9. The molecule has 1 unspecified atom stereocenters. The predicted molar refractivity (Wildman–Crippen MR) is 83.1 cm³/mol. The maximum atomic E-state index is 12.0. The van der Waals surface area contributed by atoms with Crippen LogP contribution in [0.5, 0.6) is 11.5 Å². The second-order valence-electron chi connectivity index (χ2n) is 4.75. The Hall–Kier alpha value is -1.36. The maximum Gasteiger partial charge on any atom is 0.227 e. The summed E-state index contributed by atoms with van der Waals surface area (Å²) in [5.41, 5.74) is 0.867. The van der Waals surface area contributed by atoms with E-state index in [9.17, 15) is 4.79 Å². The number of carbonyl (C=O) groups is 1. The third-order valence-electron chi connectivity index (χ3n) is 3.30. The van der Waals surface area contributed by atoms with E-state index < -0.39 is 0 Å². The van der Waals surface area contributed by atoms with Crippen molar-refractivity contribution in [1.82, 2.24) is 0 Å². The van der Waals surface area contributed by atoms with Crippen molar-refractivity contribution in [2.75, 3.05) is 30.4 Å². The summed E-state index contributed by atoms with van der Waals surface area (Å²) in [5.74, 6) is 2.62. The SMILES string of the molecule is CCOc1ccc(N2CC(CS)CC2=O)cc1OCC. The molecule has 0 spiro atoms. The highest BCUT2D eigenvalue weighted by Crippen LogP contribution is 2.34. The lowest BCUT2D eigenvalue weighted by Crippen LogP contribution is -2.24. The monoisotopic (exact) mass is 295 g/mol. The van der Waals surface area contributed by atoms with E-state index >= 15 is 0 Å². The standard InChI is InChI=1S/C15H21NO3S/c1-3-18-13-6-5-12(8-14(13)19-4-2)16-9-11(10-20)7-15(16)17/h5-6,8,11,20H,3-4,7,9-10H2,1-2H3. The summed E-state index contributed by atoms with van der Waals surface area (Å²) < 4.78 is 11.1. The molecule has 1 fully saturated rings. The van der Waals surface area contributed by atoms with Crippen LogP contribution < -0.4 is 14.4 Å². The number of nitrogens with zero attached hydrogens (tertiary/aromatic N) is 1. The molecule has 1 heterocycles. The molecule has 1 aliphatic rings. The lowest BCUT2D eigenvalue weighted by Gasteiger charge is -2.19. The van der Waals surface area contributed by atoms with E-state index in [-0.39, 0.29) is 5.91 Å². The Labute approximate surface area is 125 Å². The summed E-state index contributed by atoms with van der Waals surface area (Å²) in [7, 11) is 0. The second-order valence-corrected chi connectivity index (χ2v) is 5.12. The zero-order valence-electron chi connectivity index (χ0n) is 12.0. The lowest BCUT2D eigenvalue weighted by atomic mass is 10.1. The average Bonchev–Trinajstić information content (AvgIpc) is 2.82. The molecule has 4 nitrogen and oxygen atoms in total. The Kier molecular flexibility index (Phi) is 5.17. The Bertz CT molecular complexity index is 478. The fourth-order valence-electron chi connectivity index (χ4n) is 2.36. The molecule has 2 rings (SSSR count). The first-order valence-electron chi connectivity index (χ1n) is 7.00. The minimum absolute atomic E-state index is 0.149. The van der Waals surface area contributed by atoms with Crippen LogP contribution in [0.2, 0.25) is 0 Å². The molecule has 0 aromatic heterocycles. The number of carbonyl (C=O) groups excluding carboxylic acids is 1. The van der Waals surface area contributed by atoms with E-state index in [0.717, 1.165) is 23.7 Å². The molecular formula is C15H21NO3S. The van der Waals surface area contributed by atoms with Gasteiger partial charge in [-0.1, -0.05) is 0 Å². The molecule has 1 aliphatic heterocycles. The van der Waals surface area contributed by atoms with E-state index in [1.54, 1.807) is 4.90 Å². The van der Waals surface area contributed by atoms with Gasteiger partial charge in [-0.25, -0.2) is 0 Å². The van der Waals surface area contributed by atoms with E-state index in [0.29, 0.717) is 31.3 Å². The highest BCUT2D eigenvalue weighted by molar-refractivity contribution is 7.80. The van der Waals surface area contributed by atoms with Crippen LogP contribution in [0.3, 0.4) is 0 Å². The number of anilines is 1. The second kappa shape index (κ2) is 6.88. The van der Waals surface area contributed by atoms with Crippen LogP contribution in [0, 0.1) is 5.92 Å². The summed E-state index contributed by atoms with van der Waals surface area (Å²) >= 11 is 4.28. The Balaban J connectivity index is 2.24. The summed E-state index contributed by atoms with van der Waals surface area (Å²) in [6, 6.07) is 5.66. The molecule has 1 atom stereocenters. The summed E-state index contributed by atoms with van der Waals surface area (Å²) in [5, 5.41) is 0. The summed E-state index contributed by atoms with van der Waals surface area (Å²) in [4.78, 5) is 13.8. The van der Waals surface area contributed by atoms with Crippen LogP contribution in [0.1, 0.15) is 20.3 Å². The Morgan fingerprint density at radius 2 is 1.95 bits per heavy atom. The van der Waals surface area contributed by atoms with Crippen molar-refractivity contribution >= 4 is 24.2 Å². The van der Waals surface area contributed by atoms with Gasteiger partial charge in [-0.3, -0.25) is 4.79 Å². The average molecular weight is 295 g/mol. The van der Waals surface area contributed by atoms with Crippen molar-refractivity contribution < 1.29 is 14.3 Å². The van der Waals surface area contributed by atoms with Crippen molar-refractivity contribution in [3.63, 3.8) is 0 Å². The van der Waals surface area contributed by atoms with Crippen molar-refractivity contribution in [2.45, 2.75) is 20.3 Å². The number of ether oxygens (including phenoxy) is 2. The molecule has 1 aromatic carbocycles. The number of amides is 1. The van der Waals surface area contributed by atoms with Crippen LogP contribution in [0.4, 0.5) is 5.69 Å². The molecule has 110 valence electrons. The van der Waals surface area contributed by atoms with Crippen molar-refractivity contribution in [3.8, 4) is 11.5 Å². The third kappa shape index (κ3) is 3.20. The predicted octanol–water partition coefficient (Wildman–Crippen LogP) is 2.77. The maximum absolute atomic E-state index is 12.0. The minimum atomic E-state index is 0.149. The van der Waals surface area contributed by atoms with E-state index in [4.69, 9.17) is 9.47 Å². The van der Waals surface area contributed by atoms with Crippen LogP contribution in [0.25, 0.3) is 0 Å². The Morgan fingerprint density at radius 3 is 2.55 bits per heavy atom. The van der Waals surface area contributed by atoms with Crippen LogP contribution in [-0.2, 0) is 4.79 Å². The topological polar surface area (TPSA) is 38.8 Å². The fraction of sp³-hybridized carbons (Fsp3) is 0.533. The number of hydrogen-bond acceptors (Lipinski definition) is 4. The normalized spacial score (nSPS) is 18.4. The molecule has 1 amide bonds. The molecule has 5 heteroatoms. The van der Waals surface area contributed by atoms with Crippen molar-refractivity contribution in [3.05, 3.63) is 18.2 Å². The Morgan fingerprint density at radius 1 is 1.25 bits per heavy atom. The molecule has 0 radical (unpaired) electrons. The van der Waals surface area contributed by atoms with Gasteiger partial charge in [0, 0.05) is 24.7 Å². The number of thiol groups is 1. The summed E-state index contributed by atoms with van der Waals surface area (Å²) in [6.45, 7) is 5.74. The molecular weight excluding hydrogens is 274 g/mol. The van der Waals surface area contributed by atoms with Gasteiger partial charge in [-0.2, -0.15) is 12.6 Å². The molecule has 0 bridgehead atoms. The molecule has 0 N–H and O–H groups in total. The van der Waals surface area contributed by atoms with Gasteiger partial charge in [0.25, 0.3) is 0 Å². The van der Waals surface area contributed by atoms with E-state index in [1.165, 1.54) is 0 Å². The van der Waals surface area contributed by atoms with Crippen molar-refractivity contribution in [1.29, 1.82) is 0 Å². The molecule has 1 aromatic rings. The third-order valence-corrected chi connectivity index (χ3v) is 3.82. The van der Waals surface area contributed by atoms with Crippen LogP contribution in [-0.4, -0.2) is 31.4 Å². The van der Waals surface area contributed by atoms with Crippen molar-refractivity contribution in [2.24, 2.45) is 5.92 Å². The minimum Gasteiger partial charge on any atom is -0.490 e. The van der Waals surface area contributed by atoms with Crippen LogP contribution >= 0.6 is 12.6 Å². The fourth-order valence-corrected chi connectivity index (χ4v) is 2.61. The van der Waals surface area contributed by atoms with Crippen LogP contribution in [0.15, 0.2) is 18.2 Å². The van der Waals surface area contributed by atoms with E-state index in [1.807, 2.05) is 32.0 Å². The molecule has 0 aliphatic carbocycles.